The van der Waals surface area contributed by atoms with E-state index in [9.17, 15) is 24.0 Å². The molecule has 0 radical (unpaired) electrons. The van der Waals surface area contributed by atoms with Crippen molar-refractivity contribution in [3.63, 3.8) is 0 Å². The Morgan fingerprint density at radius 2 is 1.69 bits per heavy atom. The predicted molar refractivity (Wildman–Crippen MR) is 120 cm³/mol. The van der Waals surface area contributed by atoms with Gasteiger partial charge in [-0.15, -0.1) is 0 Å². The highest BCUT2D eigenvalue weighted by molar-refractivity contribution is 7.17. The average molecular weight is 460 g/mol. The van der Waals surface area contributed by atoms with Crippen LogP contribution < -0.4 is 16.0 Å². The number of benzene rings is 1. The fourth-order valence-corrected chi connectivity index (χ4v) is 2.87. The summed E-state index contributed by atoms with van der Waals surface area (Å²) in [5, 5.41) is 7.65. The first-order chi connectivity index (χ1) is 15.2. The van der Waals surface area contributed by atoms with Crippen LogP contribution in [-0.2, 0) is 35.3 Å². The second-order valence-corrected chi connectivity index (χ2v) is 7.51. The molecule has 1 atom stereocenters. The molecule has 0 saturated carbocycles. The number of rotatable bonds is 11. The fourth-order valence-electron chi connectivity index (χ4n) is 2.79. The van der Waals surface area contributed by atoms with Gasteiger partial charge in [0.15, 0.2) is 0 Å². The molecule has 0 aromatic heterocycles. The maximum absolute atomic E-state index is 12.5. The monoisotopic (exact) mass is 460 g/mol. The number of carbonyl (C=O) groups is 5. The molecule has 0 fully saturated rings. The summed E-state index contributed by atoms with van der Waals surface area (Å²) in [7, 11) is 3.09. The highest BCUT2D eigenvalue weighted by Crippen LogP contribution is 2.10. The van der Waals surface area contributed by atoms with E-state index in [1.807, 2.05) is 0 Å². The molecule has 1 heterocycles. The number of imide groups is 1. The Morgan fingerprint density at radius 1 is 1.06 bits per heavy atom. The van der Waals surface area contributed by atoms with Crippen molar-refractivity contribution in [3.05, 3.63) is 42.0 Å². The van der Waals surface area contributed by atoms with Crippen LogP contribution in [0.3, 0.4) is 0 Å². The smallest absolute Gasteiger partial charge is 0.254 e. The summed E-state index contributed by atoms with van der Waals surface area (Å²) in [6.45, 7) is 3.03. The van der Waals surface area contributed by atoms with Crippen molar-refractivity contribution in [1.29, 1.82) is 0 Å². The molecule has 5 amide bonds. The minimum atomic E-state index is -0.943. The van der Waals surface area contributed by atoms with E-state index in [2.05, 4.69) is 24.8 Å². The van der Waals surface area contributed by atoms with E-state index in [0.717, 1.165) is 22.6 Å². The Labute approximate surface area is 187 Å². The van der Waals surface area contributed by atoms with Crippen molar-refractivity contribution in [3.8, 4) is 0 Å². The van der Waals surface area contributed by atoms with Crippen LogP contribution in [0.4, 0.5) is 5.69 Å². The molecule has 1 unspecified atom stereocenters. The van der Waals surface area contributed by atoms with Crippen LogP contribution in [0.1, 0.15) is 19.4 Å². The van der Waals surface area contributed by atoms with Gasteiger partial charge in [-0.05, 0) is 23.6 Å². The summed E-state index contributed by atoms with van der Waals surface area (Å²) in [6, 6.07) is 6.05. The van der Waals surface area contributed by atoms with Gasteiger partial charge in [0.05, 0.1) is 19.1 Å². The van der Waals surface area contributed by atoms with E-state index in [0.29, 0.717) is 12.3 Å². The van der Waals surface area contributed by atoms with Gasteiger partial charge in [-0.1, -0.05) is 34.8 Å². The zero-order valence-corrected chi connectivity index (χ0v) is 18.7. The average Bonchev–Trinajstić information content (AvgIpc) is 3.07. The lowest BCUT2D eigenvalue weighted by molar-refractivity contribution is -0.141. The molecule has 32 heavy (non-hydrogen) atoms. The number of amides is 5. The molecule has 10 nitrogen and oxygen atoms in total. The first-order valence-corrected chi connectivity index (χ1v) is 10.4. The molecule has 0 saturated heterocycles. The molecule has 0 bridgehead atoms. The molecule has 2 rings (SSSR count). The lowest BCUT2D eigenvalue weighted by atomic mass is 10.0. The van der Waals surface area contributed by atoms with Crippen LogP contribution in [0.2, 0.25) is 0 Å². The quantitative estimate of drug-likeness (QED) is 0.320. The van der Waals surface area contributed by atoms with Crippen molar-refractivity contribution in [2.45, 2.75) is 26.5 Å². The number of nitrogens with zero attached hydrogens (tertiary/aromatic N) is 1. The molecule has 3 N–H and O–H groups in total. The van der Waals surface area contributed by atoms with Crippen molar-refractivity contribution < 1.29 is 28.7 Å². The van der Waals surface area contributed by atoms with Gasteiger partial charge in [-0.2, -0.15) is 0 Å². The van der Waals surface area contributed by atoms with Crippen LogP contribution in [0.5, 0.6) is 0 Å². The van der Waals surface area contributed by atoms with Crippen molar-refractivity contribution >= 4 is 50.1 Å². The molecule has 0 spiro atoms. The van der Waals surface area contributed by atoms with Gasteiger partial charge in [0.1, 0.15) is 12.6 Å². The molecule has 170 valence electrons. The lowest BCUT2D eigenvalue weighted by Crippen LogP contribution is -2.53. The van der Waals surface area contributed by atoms with Gasteiger partial charge >= 0.3 is 0 Å². The predicted octanol–water partition coefficient (Wildman–Crippen LogP) is 0.226. The summed E-state index contributed by atoms with van der Waals surface area (Å²) >= 11 is 0. The van der Waals surface area contributed by atoms with Crippen LogP contribution >= 0.6 is 8.86 Å². The maximum Gasteiger partial charge on any atom is 0.254 e. The molecule has 11 heteroatoms. The third kappa shape index (κ3) is 7.40. The topological polar surface area (TPSA) is 134 Å². The fraction of sp³-hybridized carbons (Fsp3) is 0.333. The van der Waals surface area contributed by atoms with Crippen LogP contribution in [0.25, 0.3) is 0 Å². The number of anilines is 1. The Balaban J connectivity index is 1.83. The van der Waals surface area contributed by atoms with Gasteiger partial charge in [0, 0.05) is 17.8 Å². The summed E-state index contributed by atoms with van der Waals surface area (Å²) in [4.78, 5) is 60.8. The normalized spacial score (nSPS) is 13.8. The molecule has 1 aromatic rings. The highest BCUT2D eigenvalue weighted by Gasteiger charge is 2.29. The largest absolute Gasteiger partial charge is 0.345 e. The van der Waals surface area contributed by atoms with Crippen LogP contribution in [0, 0.1) is 5.92 Å². The van der Waals surface area contributed by atoms with E-state index >= 15 is 0 Å². The standard InChI is InChI=1S/C21H25N4O6P/c1-13(2)20(24-17(27)10-25-18(28)7-8-19(25)29)21(30)22-9-16(26)23-15-5-3-14(4-6-15)11-31-12-32/h3-8,12-13,20,32H,9-11H2,1-2H3,(H,22,30)(H,23,26)(H,24,27). The minimum absolute atomic E-state index is 0.295. The van der Waals surface area contributed by atoms with Gasteiger partial charge in [0.25, 0.3) is 11.8 Å². The Kier molecular flexibility index (Phi) is 9.24. The highest BCUT2D eigenvalue weighted by atomic mass is 31.0. The van der Waals surface area contributed by atoms with Crippen LogP contribution in [-0.4, -0.2) is 59.5 Å². The molecular formula is C21H25N4O6P. The second kappa shape index (κ2) is 11.9. The molecule has 1 aliphatic heterocycles. The zero-order chi connectivity index (χ0) is 23.7. The molecule has 1 aliphatic rings. The third-order valence-electron chi connectivity index (χ3n) is 4.46. The van der Waals surface area contributed by atoms with E-state index in [-0.39, 0.29) is 12.5 Å². The maximum atomic E-state index is 12.5. The van der Waals surface area contributed by atoms with Crippen molar-refractivity contribution in [2.24, 2.45) is 5.92 Å². The van der Waals surface area contributed by atoms with Gasteiger partial charge in [0.2, 0.25) is 17.7 Å². The summed E-state index contributed by atoms with van der Waals surface area (Å²) in [5.41, 5.74) is 1.46. The van der Waals surface area contributed by atoms with E-state index in [1.165, 1.54) is 5.98 Å². The Morgan fingerprint density at radius 3 is 2.25 bits per heavy atom. The van der Waals surface area contributed by atoms with Crippen molar-refractivity contribution in [1.82, 2.24) is 15.5 Å². The lowest BCUT2D eigenvalue weighted by Gasteiger charge is -2.23. The van der Waals surface area contributed by atoms with Gasteiger partial charge in [-0.25, -0.2) is 0 Å². The SMILES string of the molecule is CC(C)C(NC(=O)CN1C(=O)C=CC1=O)C(=O)NCC(=O)Nc1ccc(COC=P)cc1. The summed E-state index contributed by atoms with van der Waals surface area (Å²) in [5.74, 6) is -1.73. The number of nitrogens with one attached hydrogen (secondary N) is 3. The first kappa shape index (κ1) is 24.9. The van der Waals surface area contributed by atoms with Crippen LogP contribution in [0.15, 0.2) is 36.4 Å². The van der Waals surface area contributed by atoms with E-state index in [1.54, 1.807) is 38.1 Å². The number of carbonyl (C=O) groups excluding carboxylic acids is 5. The van der Waals surface area contributed by atoms with Gasteiger partial charge < -0.3 is 20.7 Å². The Bertz CT molecular complexity index is 911. The number of hydrogen-bond donors (Lipinski definition) is 3. The van der Waals surface area contributed by atoms with Crippen molar-refractivity contribution in [2.75, 3.05) is 18.4 Å². The molecular weight excluding hydrogens is 435 g/mol. The third-order valence-corrected chi connectivity index (χ3v) is 4.63. The summed E-state index contributed by atoms with van der Waals surface area (Å²) in [6.07, 6.45) is 2.15. The second-order valence-electron chi connectivity index (χ2n) is 7.28. The van der Waals surface area contributed by atoms with Gasteiger partial charge in [-0.3, -0.25) is 28.9 Å². The Hall–Kier alpha value is -3.36. The molecule has 0 aliphatic carbocycles. The summed E-state index contributed by atoms with van der Waals surface area (Å²) < 4.78 is 5.11. The zero-order valence-electron chi connectivity index (χ0n) is 17.7. The van der Waals surface area contributed by atoms with E-state index < -0.39 is 42.1 Å². The van der Waals surface area contributed by atoms with E-state index in [4.69, 9.17) is 4.74 Å². The minimum Gasteiger partial charge on any atom is -0.345 e. The number of ether oxygens (including phenoxy) is 1. The molecule has 1 aromatic carbocycles. The first-order valence-electron chi connectivity index (χ1n) is 9.81. The number of hydrogen-bond acceptors (Lipinski definition) is 6.